The van der Waals surface area contributed by atoms with Crippen molar-refractivity contribution >= 4 is 21.9 Å². The Morgan fingerprint density at radius 1 is 1.29 bits per heavy atom. The smallest absolute Gasteiger partial charge is 0.379 e. The lowest BCUT2D eigenvalue weighted by molar-refractivity contribution is -0.166. The van der Waals surface area contributed by atoms with Crippen LogP contribution in [-0.2, 0) is 10.7 Å². The summed E-state index contributed by atoms with van der Waals surface area (Å²) in [5, 5.41) is 8.48. The Bertz CT molecular complexity index is 476. The Balaban J connectivity index is 2.52. The minimum absolute atomic E-state index is 0.0332. The van der Waals surface area contributed by atoms with E-state index in [1.807, 2.05) is 0 Å². The molecule has 0 aromatic heterocycles. The van der Waals surface area contributed by atoms with E-state index < -0.39 is 17.5 Å². The van der Waals surface area contributed by atoms with E-state index in [-0.39, 0.29) is 16.8 Å². The molecule has 0 atom stereocenters. The third-order valence-electron chi connectivity index (χ3n) is 2.24. The summed E-state index contributed by atoms with van der Waals surface area (Å²) in [5.74, 6) is -5.76. The van der Waals surface area contributed by atoms with Crippen LogP contribution in [-0.4, -0.2) is 24.3 Å². The molecule has 1 heterocycles. The fourth-order valence-corrected chi connectivity index (χ4v) is 1.99. The molecule has 2 rings (SSSR count). The van der Waals surface area contributed by atoms with E-state index >= 15 is 0 Å². The van der Waals surface area contributed by atoms with Crippen LogP contribution in [0.25, 0.3) is 0 Å². The second-order valence-electron chi connectivity index (χ2n) is 3.36. The van der Waals surface area contributed by atoms with E-state index in [0.29, 0.717) is 12.4 Å². The molecule has 17 heavy (non-hydrogen) atoms. The first-order valence-electron chi connectivity index (χ1n) is 4.63. The van der Waals surface area contributed by atoms with Crippen molar-refractivity contribution in [1.82, 2.24) is 0 Å². The molecule has 0 fully saturated rings. The number of fused-ring (bicyclic) bond motifs is 1. The molecule has 1 N–H and O–H groups in total. The second kappa shape index (κ2) is 4.14. The average Bonchev–Trinajstić information content (AvgIpc) is 2.27. The van der Waals surface area contributed by atoms with Gasteiger partial charge in [-0.1, -0.05) is 15.9 Å². The van der Waals surface area contributed by atoms with Crippen LogP contribution in [0.5, 0.6) is 11.5 Å². The number of ether oxygens (including phenoxy) is 2. The first-order chi connectivity index (χ1) is 7.93. The molecular formula is C10H7BrF2O4. The molecule has 0 bridgehead atoms. The maximum Gasteiger partial charge on any atom is 0.379 e. The predicted octanol–water partition coefficient (Wildman–Crippen LogP) is 2.40. The highest BCUT2D eigenvalue weighted by Gasteiger charge is 2.43. The van der Waals surface area contributed by atoms with Crippen LogP contribution < -0.4 is 9.47 Å². The molecule has 0 amide bonds. The Hall–Kier alpha value is -1.37. The van der Waals surface area contributed by atoms with Crippen molar-refractivity contribution in [2.24, 2.45) is 0 Å². The summed E-state index contributed by atoms with van der Waals surface area (Å²) in [4.78, 5) is 10.5. The zero-order chi connectivity index (χ0) is 12.6. The molecule has 1 aromatic carbocycles. The lowest BCUT2D eigenvalue weighted by Gasteiger charge is -2.21. The van der Waals surface area contributed by atoms with Crippen LogP contribution in [0.4, 0.5) is 8.78 Å². The molecular weight excluding hydrogens is 302 g/mol. The third-order valence-corrected chi connectivity index (χ3v) is 2.89. The summed E-state index contributed by atoms with van der Waals surface area (Å²) < 4.78 is 37.0. The van der Waals surface area contributed by atoms with E-state index in [2.05, 4.69) is 15.9 Å². The average molecular weight is 309 g/mol. The van der Waals surface area contributed by atoms with Crippen LogP contribution >= 0.6 is 15.9 Å². The van der Waals surface area contributed by atoms with Crippen molar-refractivity contribution in [2.45, 2.75) is 5.92 Å². The molecule has 1 aliphatic rings. The first-order valence-corrected chi connectivity index (χ1v) is 5.43. The maximum atomic E-state index is 13.4. The summed E-state index contributed by atoms with van der Waals surface area (Å²) in [5.41, 5.74) is -0.658. The van der Waals surface area contributed by atoms with Crippen LogP contribution in [0.1, 0.15) is 5.56 Å². The second-order valence-corrected chi connectivity index (χ2v) is 4.21. The molecule has 0 saturated carbocycles. The summed E-state index contributed by atoms with van der Waals surface area (Å²) in [7, 11) is 0. The SMILES string of the molecule is O=C(O)C(F)(F)c1cc2c(cc1Br)OCCO2. The number of alkyl halides is 2. The van der Waals surface area contributed by atoms with Gasteiger partial charge in [0, 0.05) is 4.47 Å². The number of hydrogen-bond acceptors (Lipinski definition) is 3. The first kappa shape index (κ1) is 12.1. The maximum absolute atomic E-state index is 13.4. The lowest BCUT2D eigenvalue weighted by Crippen LogP contribution is -2.26. The number of halogens is 3. The Morgan fingerprint density at radius 2 is 1.82 bits per heavy atom. The Kier molecular flexibility index (Phi) is 2.94. The van der Waals surface area contributed by atoms with Gasteiger partial charge in [0.15, 0.2) is 11.5 Å². The molecule has 0 radical (unpaired) electrons. The molecule has 0 aliphatic carbocycles. The highest BCUT2D eigenvalue weighted by Crippen LogP contribution is 2.41. The van der Waals surface area contributed by atoms with E-state index in [0.717, 1.165) is 6.07 Å². The highest BCUT2D eigenvalue weighted by atomic mass is 79.9. The van der Waals surface area contributed by atoms with Crippen molar-refractivity contribution in [1.29, 1.82) is 0 Å². The van der Waals surface area contributed by atoms with Gasteiger partial charge in [-0.15, -0.1) is 0 Å². The van der Waals surface area contributed by atoms with Gasteiger partial charge in [-0.2, -0.15) is 8.78 Å². The Labute approximate surface area is 103 Å². The molecule has 92 valence electrons. The molecule has 4 nitrogen and oxygen atoms in total. The number of carboxylic acids is 1. The van der Waals surface area contributed by atoms with Crippen molar-refractivity contribution in [3.05, 3.63) is 22.2 Å². The largest absolute Gasteiger partial charge is 0.486 e. The quantitative estimate of drug-likeness (QED) is 0.911. The van der Waals surface area contributed by atoms with Crippen molar-refractivity contribution in [3.63, 3.8) is 0 Å². The lowest BCUT2D eigenvalue weighted by atomic mass is 10.1. The van der Waals surface area contributed by atoms with Gasteiger partial charge in [-0.05, 0) is 12.1 Å². The molecule has 1 aliphatic heterocycles. The minimum Gasteiger partial charge on any atom is -0.486 e. The van der Waals surface area contributed by atoms with E-state index in [1.54, 1.807) is 0 Å². The number of hydrogen-bond donors (Lipinski definition) is 1. The van der Waals surface area contributed by atoms with Crippen LogP contribution in [0.15, 0.2) is 16.6 Å². The van der Waals surface area contributed by atoms with Crippen LogP contribution in [0.3, 0.4) is 0 Å². The normalized spacial score (nSPS) is 14.5. The van der Waals surface area contributed by atoms with Gasteiger partial charge in [0.2, 0.25) is 0 Å². The summed E-state index contributed by atoms with van der Waals surface area (Å²) in [6.45, 7) is 0.570. The number of carbonyl (C=O) groups is 1. The standard InChI is InChI=1S/C10H7BrF2O4/c11-6-4-8-7(16-1-2-17-8)3-5(6)10(12,13)9(14)15/h3-4H,1-2H2,(H,14,15). The van der Waals surface area contributed by atoms with Crippen molar-refractivity contribution in [2.75, 3.05) is 13.2 Å². The van der Waals surface area contributed by atoms with Crippen LogP contribution in [0.2, 0.25) is 0 Å². The third kappa shape index (κ3) is 2.06. The zero-order valence-corrected chi connectivity index (χ0v) is 9.96. The predicted molar refractivity (Wildman–Crippen MR) is 56.7 cm³/mol. The summed E-state index contributed by atoms with van der Waals surface area (Å²) in [6, 6.07) is 2.26. The number of rotatable bonds is 2. The summed E-state index contributed by atoms with van der Waals surface area (Å²) >= 11 is 2.90. The number of carboxylic acid groups (broad SMARTS) is 1. The number of aliphatic carboxylic acids is 1. The molecule has 0 spiro atoms. The van der Waals surface area contributed by atoms with E-state index in [1.165, 1.54) is 6.07 Å². The fraction of sp³-hybridized carbons (Fsp3) is 0.300. The van der Waals surface area contributed by atoms with Gasteiger partial charge in [0.25, 0.3) is 0 Å². The zero-order valence-electron chi connectivity index (χ0n) is 8.37. The van der Waals surface area contributed by atoms with Gasteiger partial charge in [-0.25, -0.2) is 4.79 Å². The van der Waals surface area contributed by atoms with Gasteiger partial charge < -0.3 is 14.6 Å². The molecule has 0 saturated heterocycles. The Morgan fingerprint density at radius 3 is 2.35 bits per heavy atom. The van der Waals surface area contributed by atoms with Crippen molar-refractivity contribution < 1.29 is 28.2 Å². The van der Waals surface area contributed by atoms with Gasteiger partial charge >= 0.3 is 11.9 Å². The molecule has 0 unspecified atom stereocenters. The summed E-state index contributed by atoms with van der Waals surface area (Å²) in [6.07, 6.45) is 0. The number of benzene rings is 1. The molecule has 1 aromatic rings. The highest BCUT2D eigenvalue weighted by molar-refractivity contribution is 9.10. The fourth-order valence-electron chi connectivity index (χ4n) is 1.42. The van der Waals surface area contributed by atoms with Crippen molar-refractivity contribution in [3.8, 4) is 11.5 Å². The van der Waals surface area contributed by atoms with Gasteiger partial charge in [0.1, 0.15) is 13.2 Å². The minimum atomic E-state index is -3.98. The molecule has 7 heteroatoms. The van der Waals surface area contributed by atoms with Gasteiger partial charge in [0.05, 0.1) is 5.56 Å². The van der Waals surface area contributed by atoms with E-state index in [9.17, 15) is 13.6 Å². The van der Waals surface area contributed by atoms with E-state index in [4.69, 9.17) is 14.6 Å². The topological polar surface area (TPSA) is 55.8 Å². The van der Waals surface area contributed by atoms with Crippen LogP contribution in [0, 0.1) is 0 Å². The van der Waals surface area contributed by atoms with Gasteiger partial charge in [-0.3, -0.25) is 0 Å². The monoisotopic (exact) mass is 308 g/mol.